The molecule has 3 amide bonds. The molecule has 3 rings (SSSR count). The summed E-state index contributed by atoms with van der Waals surface area (Å²) in [5, 5.41) is 17.8. The van der Waals surface area contributed by atoms with Crippen molar-refractivity contribution >= 4 is 28.6 Å². The molecule has 0 aliphatic carbocycles. The van der Waals surface area contributed by atoms with E-state index in [-0.39, 0.29) is 35.2 Å². The molecule has 1 aromatic heterocycles. The molecule has 1 saturated heterocycles. The van der Waals surface area contributed by atoms with Gasteiger partial charge in [-0.3, -0.25) is 14.4 Å². The molecule has 8 nitrogen and oxygen atoms in total. The number of carbonyl (C=O) groups excluding carboxylic acids is 3. The highest BCUT2D eigenvalue weighted by Gasteiger charge is 2.30. The monoisotopic (exact) mass is 427 g/mol. The highest BCUT2D eigenvalue weighted by Crippen LogP contribution is 2.19. The molecule has 1 aromatic carbocycles. The third-order valence-corrected chi connectivity index (χ3v) is 5.34. The van der Waals surface area contributed by atoms with Crippen molar-refractivity contribution in [3.63, 3.8) is 0 Å². The first kappa shape index (κ1) is 22.3. The summed E-state index contributed by atoms with van der Waals surface area (Å²) in [7, 11) is 0. The Labute approximate surface area is 179 Å². The van der Waals surface area contributed by atoms with E-state index in [2.05, 4.69) is 20.9 Å². The molecular weight excluding hydrogens is 401 g/mol. The van der Waals surface area contributed by atoms with Crippen molar-refractivity contribution in [3.05, 3.63) is 35.8 Å². The van der Waals surface area contributed by atoms with E-state index in [1.54, 1.807) is 6.07 Å². The van der Waals surface area contributed by atoms with Crippen molar-refractivity contribution in [2.45, 2.75) is 45.2 Å². The van der Waals surface area contributed by atoms with Crippen molar-refractivity contribution in [2.24, 2.45) is 11.8 Å². The molecule has 9 heteroatoms. The van der Waals surface area contributed by atoms with Crippen molar-refractivity contribution in [1.29, 1.82) is 5.26 Å². The Bertz CT molecular complexity index is 1030. The number of nitrogens with one attached hydrogen (secondary N) is 4. The number of rotatable bonds is 8. The summed E-state index contributed by atoms with van der Waals surface area (Å²) in [5.41, 5.74) is 0.621. The zero-order chi connectivity index (χ0) is 22.5. The second kappa shape index (κ2) is 9.60. The van der Waals surface area contributed by atoms with Crippen molar-refractivity contribution in [2.75, 3.05) is 6.54 Å². The summed E-state index contributed by atoms with van der Waals surface area (Å²) in [6.45, 7) is 4.39. The minimum absolute atomic E-state index is 0.0948. The number of aromatic nitrogens is 1. The van der Waals surface area contributed by atoms with Gasteiger partial charge in [-0.05, 0) is 43.4 Å². The van der Waals surface area contributed by atoms with Crippen LogP contribution in [-0.2, 0) is 9.59 Å². The maximum atomic E-state index is 13.9. The van der Waals surface area contributed by atoms with Crippen LogP contribution < -0.4 is 16.0 Å². The quantitative estimate of drug-likeness (QED) is 0.514. The molecule has 0 bridgehead atoms. The Balaban J connectivity index is 1.70. The van der Waals surface area contributed by atoms with Crippen LogP contribution in [0.15, 0.2) is 24.3 Å². The Kier molecular flexibility index (Phi) is 6.90. The molecular formula is C22H26FN5O3. The minimum Gasteiger partial charge on any atom is -0.356 e. The van der Waals surface area contributed by atoms with Crippen LogP contribution in [0, 0.1) is 29.0 Å². The predicted molar refractivity (Wildman–Crippen MR) is 112 cm³/mol. The van der Waals surface area contributed by atoms with E-state index < -0.39 is 29.7 Å². The lowest BCUT2D eigenvalue weighted by atomic mass is 9.98. The Morgan fingerprint density at radius 2 is 2.10 bits per heavy atom. The van der Waals surface area contributed by atoms with Crippen LogP contribution in [0.2, 0.25) is 0 Å². The molecule has 164 valence electrons. The molecule has 4 N–H and O–H groups in total. The van der Waals surface area contributed by atoms with Gasteiger partial charge in [-0.1, -0.05) is 19.9 Å². The fraction of sp³-hybridized carbons (Fsp3) is 0.455. The number of H-pyrrole nitrogens is 1. The third-order valence-electron chi connectivity index (χ3n) is 5.34. The Morgan fingerprint density at radius 1 is 1.32 bits per heavy atom. The van der Waals surface area contributed by atoms with Gasteiger partial charge in [0.1, 0.15) is 23.6 Å². The number of nitriles is 1. The van der Waals surface area contributed by atoms with E-state index >= 15 is 0 Å². The minimum atomic E-state index is -0.878. The lowest BCUT2D eigenvalue weighted by Gasteiger charge is -2.22. The standard InChI is InChI=1S/C22H26FN5O3/c1-12(2)8-18(21(30)26-14(11-24)9-13-6-7-25-20(13)29)28-22(31)19-10-15-16(23)4-3-5-17(15)27-19/h3-5,10,12-14,18,27H,6-9H2,1-2H3,(H,25,29)(H,26,30)(H,28,31)/t13-,14-,18?/m0/s1. The first-order valence-corrected chi connectivity index (χ1v) is 10.3. The van der Waals surface area contributed by atoms with Crippen LogP contribution >= 0.6 is 0 Å². The molecule has 0 radical (unpaired) electrons. The van der Waals surface area contributed by atoms with Crippen LogP contribution in [0.3, 0.4) is 0 Å². The highest BCUT2D eigenvalue weighted by molar-refractivity contribution is 6.00. The summed E-state index contributed by atoms with van der Waals surface area (Å²) in [4.78, 5) is 40.2. The van der Waals surface area contributed by atoms with Gasteiger partial charge in [-0.2, -0.15) is 5.26 Å². The highest BCUT2D eigenvalue weighted by atomic mass is 19.1. The lowest BCUT2D eigenvalue weighted by molar-refractivity contribution is -0.125. The van der Waals surface area contributed by atoms with Crippen LogP contribution in [-0.4, -0.2) is 41.3 Å². The zero-order valence-corrected chi connectivity index (χ0v) is 17.5. The average Bonchev–Trinajstić information content (AvgIpc) is 3.33. The van der Waals surface area contributed by atoms with E-state index in [0.29, 0.717) is 24.9 Å². The van der Waals surface area contributed by atoms with Crippen LogP contribution in [0.25, 0.3) is 10.9 Å². The van der Waals surface area contributed by atoms with Gasteiger partial charge in [0.2, 0.25) is 11.8 Å². The van der Waals surface area contributed by atoms with Gasteiger partial charge in [0.15, 0.2) is 0 Å². The summed E-state index contributed by atoms with van der Waals surface area (Å²) < 4.78 is 13.9. The largest absolute Gasteiger partial charge is 0.356 e. The molecule has 2 aromatic rings. The van der Waals surface area contributed by atoms with Crippen LogP contribution in [0.1, 0.15) is 43.6 Å². The fourth-order valence-corrected chi connectivity index (χ4v) is 3.75. The van der Waals surface area contributed by atoms with Gasteiger partial charge in [0.05, 0.1) is 6.07 Å². The van der Waals surface area contributed by atoms with Gasteiger partial charge in [-0.25, -0.2) is 4.39 Å². The maximum Gasteiger partial charge on any atom is 0.268 e. The van der Waals surface area contributed by atoms with E-state index in [4.69, 9.17) is 0 Å². The lowest BCUT2D eigenvalue weighted by Crippen LogP contribution is -2.50. The third kappa shape index (κ3) is 5.40. The van der Waals surface area contributed by atoms with Crippen molar-refractivity contribution < 1.29 is 18.8 Å². The second-order valence-corrected chi connectivity index (χ2v) is 8.24. The van der Waals surface area contributed by atoms with Gasteiger partial charge in [-0.15, -0.1) is 0 Å². The van der Waals surface area contributed by atoms with E-state index in [9.17, 15) is 24.0 Å². The van der Waals surface area contributed by atoms with Gasteiger partial charge >= 0.3 is 0 Å². The topological polar surface area (TPSA) is 127 Å². The van der Waals surface area contributed by atoms with Crippen molar-refractivity contribution in [1.82, 2.24) is 20.9 Å². The first-order valence-electron chi connectivity index (χ1n) is 10.3. The number of amides is 3. The molecule has 2 heterocycles. The fourth-order valence-electron chi connectivity index (χ4n) is 3.75. The molecule has 3 atom stereocenters. The number of hydrogen-bond donors (Lipinski definition) is 4. The number of halogens is 1. The Morgan fingerprint density at radius 3 is 2.71 bits per heavy atom. The average molecular weight is 427 g/mol. The van der Waals surface area contributed by atoms with Gasteiger partial charge < -0.3 is 20.9 Å². The number of carbonyl (C=O) groups is 3. The van der Waals surface area contributed by atoms with Gasteiger partial charge in [0.25, 0.3) is 5.91 Å². The van der Waals surface area contributed by atoms with Crippen LogP contribution in [0.5, 0.6) is 0 Å². The number of hydrogen-bond acceptors (Lipinski definition) is 4. The molecule has 1 aliphatic heterocycles. The molecule has 1 unspecified atom stereocenters. The maximum absolute atomic E-state index is 13.9. The number of benzene rings is 1. The Hall–Kier alpha value is -3.41. The second-order valence-electron chi connectivity index (χ2n) is 8.24. The summed E-state index contributed by atoms with van der Waals surface area (Å²) >= 11 is 0. The van der Waals surface area contributed by atoms with E-state index in [1.807, 2.05) is 19.9 Å². The molecule has 0 spiro atoms. The van der Waals surface area contributed by atoms with E-state index in [0.717, 1.165) is 0 Å². The first-order chi connectivity index (χ1) is 14.8. The molecule has 31 heavy (non-hydrogen) atoms. The van der Waals surface area contributed by atoms with Crippen molar-refractivity contribution in [3.8, 4) is 6.07 Å². The van der Waals surface area contributed by atoms with Gasteiger partial charge in [0, 0.05) is 23.4 Å². The summed E-state index contributed by atoms with van der Waals surface area (Å²) in [6, 6.07) is 6.21. The SMILES string of the molecule is CC(C)CC(NC(=O)c1cc2c(F)cccc2[nH]1)C(=O)N[C@H](C#N)C[C@@H]1CCNC1=O. The predicted octanol–water partition coefficient (Wildman–Crippen LogP) is 1.99. The smallest absolute Gasteiger partial charge is 0.268 e. The summed E-state index contributed by atoms with van der Waals surface area (Å²) in [6.07, 6.45) is 1.20. The number of fused-ring (bicyclic) bond motifs is 1. The molecule has 1 fully saturated rings. The van der Waals surface area contributed by atoms with Crippen LogP contribution in [0.4, 0.5) is 4.39 Å². The number of aromatic amines is 1. The number of nitrogens with zero attached hydrogens (tertiary/aromatic N) is 1. The summed E-state index contributed by atoms with van der Waals surface area (Å²) in [5.74, 6) is -1.82. The molecule has 1 aliphatic rings. The molecule has 0 saturated carbocycles. The normalized spacial score (nSPS) is 17.8. The van der Waals surface area contributed by atoms with E-state index in [1.165, 1.54) is 18.2 Å². The zero-order valence-electron chi connectivity index (χ0n) is 17.5.